The van der Waals surface area contributed by atoms with Crippen LogP contribution in [0.15, 0.2) is 22.7 Å². The maximum Gasteiger partial charge on any atom is 0.413 e. The van der Waals surface area contributed by atoms with E-state index in [1.54, 1.807) is 32.9 Å². The van der Waals surface area contributed by atoms with Crippen LogP contribution in [0.4, 0.5) is 10.6 Å². The minimum absolute atomic E-state index is 0.200. The normalized spacial score (nSPS) is 11.1. The number of hydrogen-bond acceptors (Lipinski definition) is 5. The number of carbonyl (C=O) groups is 1. The van der Waals surface area contributed by atoms with E-state index in [9.17, 15) is 4.79 Å². The number of nitrogens with one attached hydrogen (secondary N) is 1. The van der Waals surface area contributed by atoms with Crippen LogP contribution >= 0.6 is 0 Å². The Morgan fingerprint density at radius 1 is 1.47 bits per heavy atom. The van der Waals surface area contributed by atoms with Crippen molar-refractivity contribution in [3.05, 3.63) is 24.1 Å². The molecule has 6 nitrogen and oxygen atoms in total. The van der Waals surface area contributed by atoms with E-state index in [-0.39, 0.29) is 5.76 Å². The van der Waals surface area contributed by atoms with Crippen LogP contribution in [0.3, 0.4) is 0 Å². The molecule has 0 radical (unpaired) electrons. The highest BCUT2D eigenvalue weighted by atomic mass is 16.6. The van der Waals surface area contributed by atoms with Crippen molar-refractivity contribution in [1.82, 2.24) is 4.98 Å². The Balaban J connectivity index is 2.18. The molecule has 2 aromatic rings. The van der Waals surface area contributed by atoms with Gasteiger partial charge in [-0.05, 0) is 26.8 Å². The Bertz CT molecular complexity index is 662. The molecule has 2 rings (SSSR count). The van der Waals surface area contributed by atoms with Gasteiger partial charge in [0.05, 0.1) is 6.20 Å². The van der Waals surface area contributed by atoms with E-state index >= 15 is 0 Å². The second kappa shape index (κ2) is 4.61. The fourth-order valence-corrected chi connectivity index (χ4v) is 1.48. The number of carbonyl (C=O) groups excluding carboxylic acids is 1. The van der Waals surface area contributed by atoms with E-state index in [4.69, 9.17) is 14.4 Å². The van der Waals surface area contributed by atoms with E-state index in [2.05, 4.69) is 10.3 Å². The lowest BCUT2D eigenvalue weighted by Gasteiger charge is -2.19. The highest BCUT2D eigenvalue weighted by molar-refractivity contribution is 5.87. The lowest BCUT2D eigenvalue weighted by molar-refractivity contribution is 0.0635. The fourth-order valence-electron chi connectivity index (χ4n) is 1.48. The Morgan fingerprint density at radius 3 is 2.84 bits per heavy atom. The van der Waals surface area contributed by atoms with Crippen LogP contribution in [0.5, 0.6) is 0 Å². The molecule has 6 heteroatoms. The molecule has 0 atom stereocenters. The van der Waals surface area contributed by atoms with Gasteiger partial charge < -0.3 is 9.15 Å². The monoisotopic (exact) mass is 259 g/mol. The van der Waals surface area contributed by atoms with Gasteiger partial charge in [0.1, 0.15) is 17.5 Å². The number of hydrogen-bond donors (Lipinski definition) is 1. The first-order chi connectivity index (χ1) is 8.87. The summed E-state index contributed by atoms with van der Waals surface area (Å²) in [5.41, 5.74) is -0.0797. The van der Waals surface area contributed by atoms with Crippen molar-refractivity contribution < 1.29 is 13.9 Å². The summed E-state index contributed by atoms with van der Waals surface area (Å²) in [4.78, 5) is 15.6. The number of nitrogens with zero attached hydrogens (tertiary/aromatic N) is 2. The number of rotatable bonds is 1. The van der Waals surface area contributed by atoms with Crippen LogP contribution in [0.2, 0.25) is 0 Å². The van der Waals surface area contributed by atoms with Gasteiger partial charge in [-0.25, -0.2) is 9.78 Å². The lowest BCUT2D eigenvalue weighted by Crippen LogP contribution is -2.27. The summed E-state index contributed by atoms with van der Waals surface area (Å²) in [5.74, 6) is 0.540. The van der Waals surface area contributed by atoms with Gasteiger partial charge in [0.2, 0.25) is 5.76 Å². The van der Waals surface area contributed by atoms with Gasteiger partial charge in [-0.1, -0.05) is 0 Å². The molecular formula is C13H13N3O3. The van der Waals surface area contributed by atoms with E-state index in [0.717, 1.165) is 0 Å². The third-order valence-corrected chi connectivity index (χ3v) is 2.14. The van der Waals surface area contributed by atoms with E-state index in [1.807, 2.05) is 6.07 Å². The Kier molecular flexibility index (Phi) is 3.13. The Morgan fingerprint density at radius 2 is 2.21 bits per heavy atom. The molecule has 19 heavy (non-hydrogen) atoms. The van der Waals surface area contributed by atoms with Crippen molar-refractivity contribution >= 4 is 22.9 Å². The van der Waals surface area contributed by atoms with Gasteiger partial charge in [-0.15, -0.1) is 0 Å². The first-order valence-corrected chi connectivity index (χ1v) is 5.67. The SMILES string of the molecule is CC(C)(C)OC(=O)Nc1cc2cc(C#N)oc2cn1. The van der Waals surface area contributed by atoms with Crippen LogP contribution in [0.1, 0.15) is 26.5 Å². The van der Waals surface area contributed by atoms with Gasteiger partial charge in [0.15, 0.2) is 5.58 Å². The van der Waals surface area contributed by atoms with Crippen LogP contribution in [0, 0.1) is 11.3 Å². The number of furan rings is 1. The average molecular weight is 259 g/mol. The van der Waals surface area contributed by atoms with Gasteiger partial charge in [-0.3, -0.25) is 5.32 Å². The van der Waals surface area contributed by atoms with Crippen molar-refractivity contribution in [2.45, 2.75) is 26.4 Å². The van der Waals surface area contributed by atoms with Crippen LogP contribution in [-0.4, -0.2) is 16.7 Å². The molecule has 1 N–H and O–H groups in total. The van der Waals surface area contributed by atoms with Gasteiger partial charge in [0.25, 0.3) is 0 Å². The molecule has 0 bridgehead atoms. The minimum Gasteiger partial charge on any atom is -0.444 e. The molecule has 0 aliphatic heterocycles. The quantitative estimate of drug-likeness (QED) is 0.850. The first kappa shape index (κ1) is 12.9. The number of nitriles is 1. The maximum absolute atomic E-state index is 11.6. The second-order valence-corrected chi connectivity index (χ2v) is 4.96. The number of fused-ring (bicyclic) bond motifs is 1. The number of aromatic nitrogens is 1. The summed E-state index contributed by atoms with van der Waals surface area (Å²) in [7, 11) is 0. The Labute approximate surface area is 110 Å². The topological polar surface area (TPSA) is 88.1 Å². The standard InChI is InChI=1S/C13H13N3O3/c1-13(2,3)19-12(17)16-11-5-8-4-9(6-14)18-10(8)7-15-11/h4-5,7H,1-3H3,(H,15,16,17). The third-order valence-electron chi connectivity index (χ3n) is 2.14. The molecule has 0 saturated heterocycles. The smallest absolute Gasteiger partial charge is 0.413 e. The molecule has 0 unspecified atom stereocenters. The molecule has 0 spiro atoms. The predicted molar refractivity (Wildman–Crippen MR) is 68.6 cm³/mol. The van der Waals surface area contributed by atoms with Crippen molar-refractivity contribution in [2.75, 3.05) is 5.32 Å². The van der Waals surface area contributed by atoms with Gasteiger partial charge in [0, 0.05) is 11.5 Å². The van der Waals surface area contributed by atoms with Crippen molar-refractivity contribution in [3.8, 4) is 6.07 Å². The van der Waals surface area contributed by atoms with Crippen LogP contribution in [0.25, 0.3) is 11.0 Å². The van der Waals surface area contributed by atoms with Crippen molar-refractivity contribution in [1.29, 1.82) is 5.26 Å². The van der Waals surface area contributed by atoms with E-state index in [1.165, 1.54) is 6.20 Å². The summed E-state index contributed by atoms with van der Waals surface area (Å²) in [6.07, 6.45) is 0.867. The highest BCUT2D eigenvalue weighted by Gasteiger charge is 2.16. The van der Waals surface area contributed by atoms with Crippen LogP contribution < -0.4 is 5.32 Å². The predicted octanol–water partition coefficient (Wildman–Crippen LogP) is 3.05. The second-order valence-electron chi connectivity index (χ2n) is 4.96. The van der Waals surface area contributed by atoms with Gasteiger partial charge in [-0.2, -0.15) is 5.26 Å². The first-order valence-electron chi connectivity index (χ1n) is 5.67. The molecule has 0 aliphatic carbocycles. The molecule has 98 valence electrons. The molecule has 0 saturated carbocycles. The third kappa shape index (κ3) is 3.22. The number of ether oxygens (including phenoxy) is 1. The molecule has 0 fully saturated rings. The Hall–Kier alpha value is -2.55. The van der Waals surface area contributed by atoms with Crippen molar-refractivity contribution in [3.63, 3.8) is 0 Å². The summed E-state index contributed by atoms with van der Waals surface area (Å²) >= 11 is 0. The highest BCUT2D eigenvalue weighted by Crippen LogP contribution is 2.21. The van der Waals surface area contributed by atoms with E-state index in [0.29, 0.717) is 16.8 Å². The largest absolute Gasteiger partial charge is 0.444 e. The number of pyridine rings is 1. The van der Waals surface area contributed by atoms with Crippen LogP contribution in [-0.2, 0) is 4.74 Å². The fraction of sp³-hybridized carbons (Fsp3) is 0.308. The van der Waals surface area contributed by atoms with Gasteiger partial charge >= 0.3 is 6.09 Å². The number of amides is 1. The molecule has 2 aromatic heterocycles. The molecule has 0 aromatic carbocycles. The molecule has 2 heterocycles. The summed E-state index contributed by atoms with van der Waals surface area (Å²) in [6, 6.07) is 5.10. The molecule has 1 amide bonds. The summed E-state index contributed by atoms with van der Waals surface area (Å²) in [5, 5.41) is 11.9. The average Bonchev–Trinajstić information content (AvgIpc) is 2.68. The molecular weight excluding hydrogens is 246 g/mol. The number of anilines is 1. The zero-order chi connectivity index (χ0) is 14.0. The summed E-state index contributed by atoms with van der Waals surface area (Å²) in [6.45, 7) is 5.33. The molecule has 0 aliphatic rings. The maximum atomic E-state index is 11.6. The van der Waals surface area contributed by atoms with E-state index < -0.39 is 11.7 Å². The lowest BCUT2D eigenvalue weighted by atomic mass is 10.2. The minimum atomic E-state index is -0.580. The zero-order valence-corrected chi connectivity index (χ0v) is 10.9. The zero-order valence-electron chi connectivity index (χ0n) is 10.9. The summed E-state index contributed by atoms with van der Waals surface area (Å²) < 4.78 is 10.3. The van der Waals surface area contributed by atoms with Crippen molar-refractivity contribution in [2.24, 2.45) is 0 Å².